The van der Waals surface area contributed by atoms with E-state index in [0.717, 1.165) is 19.3 Å². The first-order chi connectivity index (χ1) is 12.5. The zero-order chi connectivity index (χ0) is 18.3. The quantitative estimate of drug-likeness (QED) is 0.721. The maximum Gasteiger partial charge on any atom is 0.347 e. The number of cyclic esters (lactones) is 1. The van der Waals surface area contributed by atoms with Crippen LogP contribution in [0.2, 0.25) is 0 Å². The number of carbonyl (C=O) groups is 2. The van der Waals surface area contributed by atoms with Gasteiger partial charge in [-0.15, -0.1) is 4.40 Å². The molecule has 0 aromatic heterocycles. The molecule has 1 atom stereocenters. The third-order valence-electron chi connectivity index (χ3n) is 4.72. The number of rotatable bonds is 2. The summed E-state index contributed by atoms with van der Waals surface area (Å²) in [4.78, 5) is 25.7. The summed E-state index contributed by atoms with van der Waals surface area (Å²) in [6.07, 6.45) is 2.85. The minimum atomic E-state index is -3.88. The van der Waals surface area contributed by atoms with Gasteiger partial charge in [0.1, 0.15) is 10.7 Å². The maximum absolute atomic E-state index is 12.6. The van der Waals surface area contributed by atoms with Crippen molar-refractivity contribution in [3.05, 3.63) is 23.8 Å². The molecule has 0 bridgehead atoms. The predicted molar refractivity (Wildman–Crippen MR) is 91.7 cm³/mol. The molecule has 3 heterocycles. The number of fused-ring (bicyclic) bond motifs is 3. The lowest BCUT2D eigenvalue weighted by molar-refractivity contribution is -0.145. The minimum Gasteiger partial charge on any atom is -0.463 e. The first-order valence-electron chi connectivity index (χ1n) is 8.59. The Labute approximate surface area is 150 Å². The fourth-order valence-electron chi connectivity index (χ4n) is 3.39. The van der Waals surface area contributed by atoms with Crippen molar-refractivity contribution >= 4 is 33.5 Å². The van der Waals surface area contributed by atoms with E-state index in [0.29, 0.717) is 30.9 Å². The zero-order valence-corrected chi connectivity index (χ0v) is 14.8. The van der Waals surface area contributed by atoms with Crippen molar-refractivity contribution in [2.24, 2.45) is 4.40 Å². The van der Waals surface area contributed by atoms with Crippen molar-refractivity contribution in [1.82, 2.24) is 0 Å². The lowest BCUT2D eigenvalue weighted by Gasteiger charge is -2.29. The van der Waals surface area contributed by atoms with Gasteiger partial charge in [-0.2, -0.15) is 8.42 Å². The summed E-state index contributed by atoms with van der Waals surface area (Å²) in [6.45, 7) is 0.904. The van der Waals surface area contributed by atoms with E-state index in [9.17, 15) is 18.0 Å². The lowest BCUT2D eigenvalue weighted by Crippen LogP contribution is -2.35. The Bertz CT molecular complexity index is 908. The van der Waals surface area contributed by atoms with Gasteiger partial charge in [-0.25, -0.2) is 9.59 Å². The fraction of sp³-hybridized carbons (Fsp3) is 0.471. The monoisotopic (exact) mass is 378 g/mol. The topological polar surface area (TPSA) is 102 Å². The second-order valence-corrected chi connectivity index (χ2v) is 8.05. The SMILES string of the molecule is O=C(O[C@@H]1CCOC1=O)c1ccc2c(c1)S(=O)(=O)N=C1CCCCCN12. The number of hydrogen-bond acceptors (Lipinski definition) is 7. The highest BCUT2D eigenvalue weighted by molar-refractivity contribution is 7.90. The number of esters is 2. The molecule has 8 nitrogen and oxygen atoms in total. The van der Waals surface area contributed by atoms with E-state index >= 15 is 0 Å². The molecule has 0 spiro atoms. The molecule has 3 aliphatic rings. The highest BCUT2D eigenvalue weighted by Crippen LogP contribution is 2.35. The number of nitrogens with zero attached hydrogens (tertiary/aromatic N) is 2. The number of sulfonamides is 1. The molecule has 4 rings (SSSR count). The van der Waals surface area contributed by atoms with Crippen molar-refractivity contribution < 1.29 is 27.5 Å². The third-order valence-corrected chi connectivity index (χ3v) is 6.05. The van der Waals surface area contributed by atoms with Crippen LogP contribution in [-0.4, -0.2) is 45.4 Å². The highest BCUT2D eigenvalue weighted by atomic mass is 32.2. The molecular weight excluding hydrogens is 360 g/mol. The second kappa shape index (κ2) is 6.39. The molecule has 3 aliphatic heterocycles. The van der Waals surface area contributed by atoms with Gasteiger partial charge >= 0.3 is 11.9 Å². The molecule has 0 amide bonds. The van der Waals surface area contributed by atoms with Crippen LogP contribution in [-0.2, 0) is 24.3 Å². The first-order valence-corrected chi connectivity index (χ1v) is 10.0. The van der Waals surface area contributed by atoms with E-state index in [4.69, 9.17) is 9.47 Å². The largest absolute Gasteiger partial charge is 0.463 e. The summed E-state index contributed by atoms with van der Waals surface area (Å²) in [6, 6.07) is 4.40. The number of hydrogen-bond donors (Lipinski definition) is 0. The Hall–Kier alpha value is -2.42. The molecule has 0 unspecified atom stereocenters. The molecule has 0 radical (unpaired) electrons. The number of benzene rings is 1. The molecule has 1 aromatic rings. The maximum atomic E-state index is 12.6. The number of ether oxygens (including phenoxy) is 2. The second-order valence-electron chi connectivity index (χ2n) is 6.48. The summed E-state index contributed by atoms with van der Waals surface area (Å²) in [5, 5.41) is 0. The van der Waals surface area contributed by atoms with Crippen molar-refractivity contribution in [1.29, 1.82) is 0 Å². The van der Waals surface area contributed by atoms with Gasteiger partial charge in [0.05, 0.1) is 17.9 Å². The summed E-state index contributed by atoms with van der Waals surface area (Å²) in [5.74, 6) is -0.778. The van der Waals surface area contributed by atoms with Crippen molar-refractivity contribution in [2.75, 3.05) is 18.1 Å². The summed E-state index contributed by atoms with van der Waals surface area (Å²) in [5.41, 5.74) is 0.606. The van der Waals surface area contributed by atoms with Gasteiger partial charge in [0.25, 0.3) is 10.0 Å². The Kier molecular flexibility index (Phi) is 4.18. The van der Waals surface area contributed by atoms with Crippen molar-refractivity contribution in [3.63, 3.8) is 0 Å². The Morgan fingerprint density at radius 1 is 1.27 bits per heavy atom. The molecule has 0 aliphatic carbocycles. The molecule has 0 N–H and O–H groups in total. The fourth-order valence-corrected chi connectivity index (χ4v) is 4.67. The molecule has 26 heavy (non-hydrogen) atoms. The Morgan fingerprint density at radius 3 is 2.88 bits per heavy atom. The normalized spacial score (nSPS) is 24.0. The van der Waals surface area contributed by atoms with E-state index in [2.05, 4.69) is 4.40 Å². The van der Waals surface area contributed by atoms with Crippen LogP contribution in [0, 0.1) is 0 Å². The van der Waals surface area contributed by atoms with E-state index in [1.54, 1.807) is 6.07 Å². The average Bonchev–Trinajstić information content (AvgIpc) is 2.87. The molecule has 0 saturated carbocycles. The van der Waals surface area contributed by atoms with Crippen LogP contribution < -0.4 is 4.90 Å². The lowest BCUT2D eigenvalue weighted by atomic mass is 10.1. The van der Waals surface area contributed by atoms with Crippen molar-refractivity contribution in [2.45, 2.75) is 43.1 Å². The van der Waals surface area contributed by atoms with Crippen LogP contribution in [0.1, 0.15) is 42.5 Å². The minimum absolute atomic E-state index is 0.00778. The predicted octanol–water partition coefficient (Wildman–Crippen LogP) is 1.64. The van der Waals surface area contributed by atoms with Gasteiger partial charge in [0.15, 0.2) is 0 Å². The van der Waals surface area contributed by atoms with Gasteiger partial charge in [-0.3, -0.25) is 0 Å². The molecule has 1 aromatic carbocycles. The van der Waals surface area contributed by atoms with Gasteiger partial charge in [0.2, 0.25) is 6.10 Å². The molecule has 2 saturated heterocycles. The average molecular weight is 378 g/mol. The van der Waals surface area contributed by atoms with E-state index in [1.165, 1.54) is 12.1 Å². The number of amidine groups is 1. The van der Waals surface area contributed by atoms with Crippen LogP contribution in [0.15, 0.2) is 27.5 Å². The highest BCUT2D eigenvalue weighted by Gasteiger charge is 2.34. The number of carbonyl (C=O) groups excluding carboxylic acids is 2. The van der Waals surface area contributed by atoms with Crippen LogP contribution in [0.25, 0.3) is 0 Å². The smallest absolute Gasteiger partial charge is 0.347 e. The van der Waals surface area contributed by atoms with Gasteiger partial charge < -0.3 is 14.4 Å². The zero-order valence-electron chi connectivity index (χ0n) is 14.0. The van der Waals surface area contributed by atoms with Gasteiger partial charge in [-0.1, -0.05) is 6.42 Å². The van der Waals surface area contributed by atoms with Gasteiger partial charge in [0, 0.05) is 19.4 Å². The third kappa shape index (κ3) is 2.96. The van der Waals surface area contributed by atoms with E-state index in [1.807, 2.05) is 4.90 Å². The summed E-state index contributed by atoms with van der Waals surface area (Å²) >= 11 is 0. The van der Waals surface area contributed by atoms with Crippen molar-refractivity contribution in [3.8, 4) is 0 Å². The molecule has 2 fully saturated rings. The Morgan fingerprint density at radius 2 is 2.12 bits per heavy atom. The Balaban J connectivity index is 1.67. The standard InChI is InChI=1S/C17H18N2O6S/c20-16(25-13-7-9-24-17(13)21)11-5-6-12-14(10-11)26(22,23)18-15-4-2-1-3-8-19(12)15/h5-6,10,13H,1-4,7-9H2/t13-/m1/s1. The van der Waals surface area contributed by atoms with Crippen LogP contribution in [0.4, 0.5) is 5.69 Å². The molecule has 9 heteroatoms. The van der Waals surface area contributed by atoms with Crippen LogP contribution >= 0.6 is 0 Å². The summed E-state index contributed by atoms with van der Waals surface area (Å²) < 4.78 is 39.0. The molecule has 138 valence electrons. The van der Waals surface area contributed by atoms with Crippen LogP contribution in [0.3, 0.4) is 0 Å². The van der Waals surface area contributed by atoms with Crippen LogP contribution in [0.5, 0.6) is 0 Å². The number of anilines is 1. The van der Waals surface area contributed by atoms with E-state index < -0.39 is 28.1 Å². The van der Waals surface area contributed by atoms with Gasteiger partial charge in [-0.05, 0) is 31.0 Å². The molecular formula is C17H18N2O6S. The van der Waals surface area contributed by atoms with E-state index in [-0.39, 0.29) is 17.1 Å². The summed E-state index contributed by atoms with van der Waals surface area (Å²) in [7, 11) is -3.88. The first kappa shape index (κ1) is 17.0.